The summed E-state index contributed by atoms with van der Waals surface area (Å²) in [5.41, 5.74) is 3.19. The predicted octanol–water partition coefficient (Wildman–Crippen LogP) is 3.84. The van der Waals surface area contributed by atoms with Crippen molar-refractivity contribution in [3.8, 4) is 5.75 Å². The first kappa shape index (κ1) is 17.2. The molecule has 122 valence electrons. The second-order valence-electron chi connectivity index (χ2n) is 5.25. The molecule has 23 heavy (non-hydrogen) atoms. The van der Waals surface area contributed by atoms with E-state index in [1.165, 1.54) is 5.56 Å². The van der Waals surface area contributed by atoms with Crippen LogP contribution in [0.1, 0.15) is 16.7 Å². The summed E-state index contributed by atoms with van der Waals surface area (Å²) in [7, 11) is 0. The highest BCUT2D eigenvalue weighted by Gasteiger charge is 2.04. The summed E-state index contributed by atoms with van der Waals surface area (Å²) < 4.78 is 5.69. The molecule has 2 aromatic rings. The molecule has 0 fully saturated rings. The van der Waals surface area contributed by atoms with Gasteiger partial charge in [-0.3, -0.25) is 0 Å². The maximum absolute atomic E-state index is 11.7. The topological polar surface area (TPSA) is 50.4 Å². The number of benzene rings is 2. The number of aryl methyl sites for hydroxylation is 1. The summed E-state index contributed by atoms with van der Waals surface area (Å²) in [5.74, 6) is 0.850. The zero-order valence-corrected chi connectivity index (χ0v) is 14.1. The molecular formula is C18H21ClN2O2. The Bertz CT molecular complexity index is 674. The summed E-state index contributed by atoms with van der Waals surface area (Å²) in [5, 5.41) is 6.17. The molecule has 2 rings (SSSR count). The second kappa shape index (κ2) is 8.44. The van der Waals surface area contributed by atoms with E-state index in [1.807, 2.05) is 50.2 Å². The first-order chi connectivity index (χ1) is 11.1. The summed E-state index contributed by atoms with van der Waals surface area (Å²) in [4.78, 5) is 11.7. The van der Waals surface area contributed by atoms with E-state index < -0.39 is 0 Å². The third kappa shape index (κ3) is 5.18. The van der Waals surface area contributed by atoms with Crippen LogP contribution in [0.25, 0.3) is 0 Å². The van der Waals surface area contributed by atoms with Gasteiger partial charge in [0.15, 0.2) is 0 Å². The fourth-order valence-electron chi connectivity index (χ4n) is 2.09. The van der Waals surface area contributed by atoms with Gasteiger partial charge in [-0.05, 0) is 42.7 Å². The van der Waals surface area contributed by atoms with Crippen LogP contribution in [-0.4, -0.2) is 19.2 Å². The summed E-state index contributed by atoms with van der Waals surface area (Å²) in [6, 6.07) is 13.1. The van der Waals surface area contributed by atoms with E-state index in [0.29, 0.717) is 24.7 Å². The molecule has 0 saturated heterocycles. The molecular weight excluding hydrogens is 312 g/mol. The zero-order valence-electron chi connectivity index (χ0n) is 13.4. The molecule has 0 unspecified atom stereocenters. The third-order valence-electron chi connectivity index (χ3n) is 3.60. The Labute approximate surface area is 141 Å². The van der Waals surface area contributed by atoms with Crippen LogP contribution in [0, 0.1) is 13.8 Å². The number of rotatable bonds is 6. The number of halogens is 1. The first-order valence-corrected chi connectivity index (χ1v) is 7.90. The second-order valence-corrected chi connectivity index (χ2v) is 5.65. The predicted molar refractivity (Wildman–Crippen MR) is 93.1 cm³/mol. The minimum atomic E-state index is -0.241. The molecule has 0 aliphatic carbocycles. The Morgan fingerprint density at radius 3 is 2.65 bits per heavy atom. The Morgan fingerprint density at radius 2 is 1.87 bits per heavy atom. The number of amides is 2. The fraction of sp³-hybridized carbons (Fsp3) is 0.278. The van der Waals surface area contributed by atoms with Crippen molar-refractivity contribution in [3.63, 3.8) is 0 Å². The van der Waals surface area contributed by atoms with Gasteiger partial charge in [-0.25, -0.2) is 4.79 Å². The SMILES string of the molecule is Cc1cccc(OCCNC(=O)NCc2ccccc2Cl)c1C. The van der Waals surface area contributed by atoms with Crippen molar-refractivity contribution in [1.82, 2.24) is 10.6 Å². The maximum Gasteiger partial charge on any atom is 0.315 e. The highest BCUT2D eigenvalue weighted by molar-refractivity contribution is 6.31. The van der Waals surface area contributed by atoms with Crippen molar-refractivity contribution in [2.45, 2.75) is 20.4 Å². The maximum atomic E-state index is 11.7. The van der Waals surface area contributed by atoms with Gasteiger partial charge in [-0.2, -0.15) is 0 Å². The average molecular weight is 333 g/mol. The number of hydrogen-bond acceptors (Lipinski definition) is 2. The molecule has 2 amide bonds. The van der Waals surface area contributed by atoms with E-state index >= 15 is 0 Å². The van der Waals surface area contributed by atoms with E-state index in [9.17, 15) is 4.79 Å². The summed E-state index contributed by atoms with van der Waals surface area (Å²) in [6.45, 7) is 5.31. The monoisotopic (exact) mass is 332 g/mol. The zero-order chi connectivity index (χ0) is 16.7. The lowest BCUT2D eigenvalue weighted by Gasteiger charge is -2.12. The van der Waals surface area contributed by atoms with Crippen LogP contribution >= 0.6 is 11.6 Å². The average Bonchev–Trinajstić information content (AvgIpc) is 2.54. The van der Waals surface area contributed by atoms with Gasteiger partial charge in [0.05, 0.1) is 6.54 Å². The standard InChI is InChI=1S/C18H21ClN2O2/c1-13-6-5-9-17(14(13)2)23-11-10-20-18(22)21-12-15-7-3-4-8-16(15)19/h3-9H,10-12H2,1-2H3,(H2,20,21,22). The van der Waals surface area contributed by atoms with Crippen LogP contribution in [0.15, 0.2) is 42.5 Å². The van der Waals surface area contributed by atoms with Crippen molar-refractivity contribution in [2.75, 3.05) is 13.2 Å². The van der Waals surface area contributed by atoms with Crippen molar-refractivity contribution < 1.29 is 9.53 Å². The minimum Gasteiger partial charge on any atom is -0.491 e. The molecule has 0 aromatic heterocycles. The lowest BCUT2D eigenvalue weighted by molar-refractivity contribution is 0.236. The van der Waals surface area contributed by atoms with Gasteiger partial charge in [-0.1, -0.05) is 41.9 Å². The molecule has 0 heterocycles. The molecule has 0 spiro atoms. The fourth-order valence-corrected chi connectivity index (χ4v) is 2.29. The van der Waals surface area contributed by atoms with Crippen LogP contribution in [0.5, 0.6) is 5.75 Å². The van der Waals surface area contributed by atoms with Gasteiger partial charge >= 0.3 is 6.03 Å². The van der Waals surface area contributed by atoms with E-state index in [2.05, 4.69) is 10.6 Å². The lowest BCUT2D eigenvalue weighted by atomic mass is 10.1. The highest BCUT2D eigenvalue weighted by Crippen LogP contribution is 2.20. The van der Waals surface area contributed by atoms with E-state index in [0.717, 1.165) is 16.9 Å². The number of ether oxygens (including phenoxy) is 1. The quantitative estimate of drug-likeness (QED) is 0.790. The summed E-state index contributed by atoms with van der Waals surface area (Å²) in [6.07, 6.45) is 0. The van der Waals surface area contributed by atoms with E-state index in [4.69, 9.17) is 16.3 Å². The number of carbonyl (C=O) groups is 1. The first-order valence-electron chi connectivity index (χ1n) is 7.52. The molecule has 5 heteroatoms. The molecule has 0 radical (unpaired) electrons. The number of hydrogen-bond donors (Lipinski definition) is 2. The van der Waals surface area contributed by atoms with Gasteiger partial charge < -0.3 is 15.4 Å². The van der Waals surface area contributed by atoms with Crippen LogP contribution in [0.2, 0.25) is 5.02 Å². The smallest absolute Gasteiger partial charge is 0.315 e. The van der Waals surface area contributed by atoms with Crippen LogP contribution < -0.4 is 15.4 Å². The molecule has 4 nitrogen and oxygen atoms in total. The van der Waals surface area contributed by atoms with Crippen molar-refractivity contribution in [1.29, 1.82) is 0 Å². The normalized spacial score (nSPS) is 10.2. The van der Waals surface area contributed by atoms with Crippen LogP contribution in [-0.2, 0) is 6.54 Å². The number of carbonyl (C=O) groups excluding carboxylic acids is 1. The highest BCUT2D eigenvalue weighted by atomic mass is 35.5. The Morgan fingerprint density at radius 1 is 1.09 bits per heavy atom. The molecule has 0 atom stereocenters. The molecule has 0 aliphatic heterocycles. The van der Waals surface area contributed by atoms with E-state index in [-0.39, 0.29) is 6.03 Å². The lowest BCUT2D eigenvalue weighted by Crippen LogP contribution is -2.37. The molecule has 0 saturated carbocycles. The van der Waals surface area contributed by atoms with Gasteiger partial charge in [-0.15, -0.1) is 0 Å². The van der Waals surface area contributed by atoms with E-state index in [1.54, 1.807) is 6.07 Å². The van der Waals surface area contributed by atoms with Gasteiger partial charge in [0.25, 0.3) is 0 Å². The Kier molecular flexibility index (Phi) is 6.29. The molecule has 2 N–H and O–H groups in total. The van der Waals surface area contributed by atoms with Crippen molar-refractivity contribution in [3.05, 3.63) is 64.2 Å². The third-order valence-corrected chi connectivity index (χ3v) is 3.97. The Hall–Kier alpha value is -2.20. The molecule has 0 bridgehead atoms. The minimum absolute atomic E-state index is 0.241. The molecule has 0 aliphatic rings. The van der Waals surface area contributed by atoms with Gasteiger partial charge in [0.1, 0.15) is 12.4 Å². The van der Waals surface area contributed by atoms with Crippen LogP contribution in [0.3, 0.4) is 0 Å². The molecule has 2 aromatic carbocycles. The van der Waals surface area contributed by atoms with Crippen molar-refractivity contribution >= 4 is 17.6 Å². The van der Waals surface area contributed by atoms with Gasteiger partial charge in [0.2, 0.25) is 0 Å². The summed E-state index contributed by atoms with van der Waals surface area (Å²) >= 11 is 6.04. The van der Waals surface area contributed by atoms with Crippen molar-refractivity contribution in [2.24, 2.45) is 0 Å². The van der Waals surface area contributed by atoms with Gasteiger partial charge in [0, 0.05) is 11.6 Å². The largest absolute Gasteiger partial charge is 0.491 e. The number of nitrogens with one attached hydrogen (secondary N) is 2. The van der Waals surface area contributed by atoms with Crippen LogP contribution in [0.4, 0.5) is 4.79 Å². The Balaban J connectivity index is 1.69. The number of urea groups is 1.